The first kappa shape index (κ1) is 11.2. The number of likely N-dealkylation sites (tertiary alicyclic amines) is 1. The van der Waals surface area contributed by atoms with Crippen molar-refractivity contribution in [2.24, 2.45) is 0 Å². The summed E-state index contributed by atoms with van der Waals surface area (Å²) in [4.78, 5) is 2.37. The van der Waals surface area contributed by atoms with Gasteiger partial charge in [0.25, 0.3) is 0 Å². The molecule has 0 N–H and O–H groups in total. The molecular formula is C12H15BrN4. The second kappa shape index (κ2) is 4.38. The van der Waals surface area contributed by atoms with Crippen LogP contribution in [0.5, 0.6) is 0 Å². The molecule has 1 aliphatic rings. The summed E-state index contributed by atoms with van der Waals surface area (Å²) in [5.74, 6) is 1.59. The summed E-state index contributed by atoms with van der Waals surface area (Å²) in [5.41, 5.74) is 0.913. The molecule has 0 bridgehead atoms. The number of pyridine rings is 1. The summed E-state index contributed by atoms with van der Waals surface area (Å²) in [6, 6.07) is 4.03. The number of nitrogens with zero attached hydrogens (tertiary/aromatic N) is 4. The van der Waals surface area contributed by atoms with Crippen LogP contribution in [0.3, 0.4) is 0 Å². The lowest BCUT2D eigenvalue weighted by Gasteiger charge is -2.28. The number of likely N-dealkylation sites (N-methyl/N-ethyl adjacent to an activating group) is 1. The molecule has 5 heteroatoms. The van der Waals surface area contributed by atoms with Crippen molar-refractivity contribution in [2.75, 3.05) is 20.1 Å². The first-order chi connectivity index (χ1) is 8.25. The van der Waals surface area contributed by atoms with Crippen LogP contribution in [0.15, 0.2) is 22.8 Å². The Morgan fingerprint density at radius 1 is 1.41 bits per heavy atom. The van der Waals surface area contributed by atoms with Crippen molar-refractivity contribution in [3.8, 4) is 0 Å². The van der Waals surface area contributed by atoms with Gasteiger partial charge >= 0.3 is 0 Å². The quantitative estimate of drug-likeness (QED) is 0.809. The first-order valence-electron chi connectivity index (χ1n) is 5.93. The molecule has 17 heavy (non-hydrogen) atoms. The van der Waals surface area contributed by atoms with Crippen LogP contribution >= 0.6 is 15.9 Å². The highest BCUT2D eigenvalue weighted by Gasteiger charge is 2.23. The maximum absolute atomic E-state index is 4.37. The Bertz CT molecular complexity index is 536. The molecule has 1 fully saturated rings. The highest BCUT2D eigenvalue weighted by atomic mass is 79.9. The normalized spacial score (nSPS) is 22.1. The van der Waals surface area contributed by atoms with E-state index in [2.05, 4.69) is 42.5 Å². The van der Waals surface area contributed by atoms with Crippen molar-refractivity contribution in [1.29, 1.82) is 0 Å². The molecule has 0 spiro atoms. The molecule has 2 aromatic rings. The number of piperidine rings is 1. The Labute approximate surface area is 109 Å². The van der Waals surface area contributed by atoms with E-state index in [-0.39, 0.29) is 0 Å². The van der Waals surface area contributed by atoms with Crippen LogP contribution in [0.2, 0.25) is 0 Å². The van der Waals surface area contributed by atoms with Gasteiger partial charge in [-0.3, -0.25) is 4.40 Å². The van der Waals surface area contributed by atoms with Gasteiger partial charge in [-0.1, -0.05) is 0 Å². The molecule has 2 aromatic heterocycles. The van der Waals surface area contributed by atoms with Crippen molar-refractivity contribution >= 4 is 21.6 Å². The lowest BCUT2D eigenvalue weighted by Crippen LogP contribution is -2.31. The molecule has 0 radical (unpaired) electrons. The Kier molecular flexibility index (Phi) is 2.88. The van der Waals surface area contributed by atoms with E-state index in [1.807, 2.05) is 18.3 Å². The minimum atomic E-state index is 0.498. The van der Waals surface area contributed by atoms with Gasteiger partial charge in [-0.25, -0.2) is 0 Å². The zero-order chi connectivity index (χ0) is 11.8. The fourth-order valence-electron chi connectivity index (χ4n) is 2.56. The van der Waals surface area contributed by atoms with E-state index >= 15 is 0 Å². The van der Waals surface area contributed by atoms with E-state index in [1.165, 1.54) is 19.4 Å². The van der Waals surface area contributed by atoms with Crippen molar-refractivity contribution in [1.82, 2.24) is 19.5 Å². The second-order valence-electron chi connectivity index (χ2n) is 4.71. The molecule has 1 unspecified atom stereocenters. The molecular weight excluding hydrogens is 280 g/mol. The van der Waals surface area contributed by atoms with Gasteiger partial charge in [-0.2, -0.15) is 0 Å². The zero-order valence-corrected chi connectivity index (χ0v) is 11.4. The molecule has 0 aromatic carbocycles. The highest BCUT2D eigenvalue weighted by Crippen LogP contribution is 2.26. The van der Waals surface area contributed by atoms with Gasteiger partial charge in [0.05, 0.1) is 4.47 Å². The average molecular weight is 295 g/mol. The minimum Gasteiger partial charge on any atom is -0.306 e. The molecule has 4 nitrogen and oxygen atoms in total. The molecule has 0 aliphatic carbocycles. The third-order valence-corrected chi connectivity index (χ3v) is 4.02. The fraction of sp³-hybridized carbons (Fsp3) is 0.500. The largest absolute Gasteiger partial charge is 0.306 e. The monoisotopic (exact) mass is 294 g/mol. The SMILES string of the molecule is CN1CCCC(c2nnc3c(Br)cccn23)C1. The van der Waals surface area contributed by atoms with Crippen LogP contribution in [0.4, 0.5) is 0 Å². The van der Waals surface area contributed by atoms with Crippen molar-refractivity contribution in [3.05, 3.63) is 28.6 Å². The lowest BCUT2D eigenvalue weighted by molar-refractivity contribution is 0.245. The summed E-state index contributed by atoms with van der Waals surface area (Å²) >= 11 is 3.51. The third-order valence-electron chi connectivity index (χ3n) is 3.40. The topological polar surface area (TPSA) is 33.4 Å². The average Bonchev–Trinajstić information content (AvgIpc) is 2.74. The summed E-state index contributed by atoms with van der Waals surface area (Å²) < 4.78 is 3.11. The smallest absolute Gasteiger partial charge is 0.175 e. The number of hydrogen-bond donors (Lipinski definition) is 0. The van der Waals surface area contributed by atoms with E-state index < -0.39 is 0 Å². The van der Waals surface area contributed by atoms with Gasteiger partial charge in [-0.15, -0.1) is 10.2 Å². The number of fused-ring (bicyclic) bond motifs is 1. The van der Waals surface area contributed by atoms with Crippen LogP contribution in [0.25, 0.3) is 5.65 Å². The van der Waals surface area contributed by atoms with E-state index in [9.17, 15) is 0 Å². The third kappa shape index (κ3) is 1.98. The first-order valence-corrected chi connectivity index (χ1v) is 6.72. The van der Waals surface area contributed by atoms with E-state index in [0.717, 1.165) is 22.5 Å². The lowest BCUT2D eigenvalue weighted by atomic mass is 9.98. The standard InChI is InChI=1S/C12H15BrN4/c1-16-6-2-4-9(8-16)11-14-15-12-10(13)5-3-7-17(11)12/h3,5,7,9H,2,4,6,8H2,1H3. The van der Waals surface area contributed by atoms with Crippen molar-refractivity contribution in [3.63, 3.8) is 0 Å². The van der Waals surface area contributed by atoms with Gasteiger partial charge in [0.1, 0.15) is 5.82 Å². The summed E-state index contributed by atoms with van der Waals surface area (Å²) in [6.45, 7) is 2.27. The Balaban J connectivity index is 2.02. The molecule has 3 heterocycles. The Morgan fingerprint density at radius 3 is 3.12 bits per heavy atom. The zero-order valence-electron chi connectivity index (χ0n) is 9.80. The van der Waals surface area contributed by atoms with Crippen LogP contribution in [0.1, 0.15) is 24.6 Å². The Morgan fingerprint density at radius 2 is 2.29 bits per heavy atom. The second-order valence-corrected chi connectivity index (χ2v) is 5.56. The van der Waals surface area contributed by atoms with Crippen molar-refractivity contribution in [2.45, 2.75) is 18.8 Å². The summed E-state index contributed by atoms with van der Waals surface area (Å²) in [6.07, 6.45) is 4.49. The van der Waals surface area contributed by atoms with Gasteiger partial charge in [0.2, 0.25) is 0 Å². The van der Waals surface area contributed by atoms with Crippen molar-refractivity contribution < 1.29 is 0 Å². The Hall–Kier alpha value is -0.940. The van der Waals surface area contributed by atoms with Crippen LogP contribution in [0, 0.1) is 0 Å². The summed E-state index contributed by atoms with van der Waals surface area (Å²) in [5, 5.41) is 8.64. The molecule has 1 aliphatic heterocycles. The summed E-state index contributed by atoms with van der Waals surface area (Å²) in [7, 11) is 2.17. The number of halogens is 1. The molecule has 0 amide bonds. The van der Waals surface area contributed by atoms with E-state index in [1.54, 1.807) is 0 Å². The maximum atomic E-state index is 4.37. The molecule has 1 atom stereocenters. The number of hydrogen-bond acceptors (Lipinski definition) is 3. The van der Waals surface area contributed by atoms with E-state index in [4.69, 9.17) is 0 Å². The molecule has 1 saturated heterocycles. The molecule has 0 saturated carbocycles. The van der Waals surface area contributed by atoms with Crippen LogP contribution in [-0.2, 0) is 0 Å². The predicted molar refractivity (Wildman–Crippen MR) is 70.2 cm³/mol. The maximum Gasteiger partial charge on any atom is 0.175 e. The molecule has 3 rings (SSSR count). The van der Waals surface area contributed by atoms with Gasteiger partial charge in [-0.05, 0) is 54.5 Å². The fourth-order valence-corrected chi connectivity index (χ4v) is 2.98. The van der Waals surface area contributed by atoms with E-state index in [0.29, 0.717) is 5.92 Å². The minimum absolute atomic E-state index is 0.498. The number of aromatic nitrogens is 3. The van der Waals surface area contributed by atoms with Gasteiger partial charge in [0, 0.05) is 18.7 Å². The van der Waals surface area contributed by atoms with Crippen LogP contribution < -0.4 is 0 Å². The molecule has 90 valence electrons. The van der Waals surface area contributed by atoms with Gasteiger partial charge < -0.3 is 4.90 Å². The van der Waals surface area contributed by atoms with Gasteiger partial charge in [0.15, 0.2) is 5.65 Å². The predicted octanol–water partition coefficient (Wildman–Crippen LogP) is 2.30. The number of rotatable bonds is 1. The van der Waals surface area contributed by atoms with Crippen LogP contribution in [-0.4, -0.2) is 39.6 Å². The highest BCUT2D eigenvalue weighted by molar-refractivity contribution is 9.10.